The molecule has 0 saturated carbocycles. The maximum Gasteiger partial charge on any atom is 0.175 e. The molecule has 1 aromatic rings. The van der Waals surface area contributed by atoms with Crippen molar-refractivity contribution >= 4 is 20.6 Å². The minimum Gasteiger partial charge on any atom is -0.254 e. The van der Waals surface area contributed by atoms with Gasteiger partial charge in [-0.15, -0.1) is 0 Å². The molecule has 6 heteroatoms. The molecule has 1 aromatic carbocycles. The van der Waals surface area contributed by atoms with E-state index in [0.717, 1.165) is 6.26 Å². The first-order valence-corrected chi connectivity index (χ1v) is 8.13. The maximum absolute atomic E-state index is 11.8. The number of nitriles is 1. The van der Waals surface area contributed by atoms with Crippen LogP contribution in [0, 0.1) is 17.2 Å². The zero-order valence-electron chi connectivity index (χ0n) is 9.58. The van der Waals surface area contributed by atoms with E-state index in [4.69, 9.17) is 5.26 Å². The summed E-state index contributed by atoms with van der Waals surface area (Å²) in [4.78, 5) is 0.742. The van der Waals surface area contributed by atoms with Crippen LogP contribution in [0.4, 0.5) is 0 Å². The van der Waals surface area contributed by atoms with E-state index in [1.165, 1.54) is 24.3 Å². The Kier molecular flexibility index (Phi) is 4.43. The van der Waals surface area contributed by atoms with Crippen LogP contribution in [0.5, 0.6) is 0 Å². The van der Waals surface area contributed by atoms with Crippen LogP contribution in [-0.4, -0.2) is 24.6 Å². The second kappa shape index (κ2) is 5.43. The average molecular weight is 271 g/mol. The molecule has 2 atom stereocenters. The van der Waals surface area contributed by atoms with Crippen molar-refractivity contribution < 1.29 is 12.6 Å². The van der Waals surface area contributed by atoms with E-state index >= 15 is 0 Å². The fourth-order valence-corrected chi connectivity index (χ4v) is 2.99. The largest absolute Gasteiger partial charge is 0.254 e. The third-order valence-corrected chi connectivity index (χ3v) is 4.87. The highest BCUT2D eigenvalue weighted by Gasteiger charge is 2.11. The molecule has 0 bridgehead atoms. The zero-order valence-corrected chi connectivity index (χ0v) is 11.2. The molecule has 0 saturated heterocycles. The molecule has 0 aromatic heterocycles. The smallest absolute Gasteiger partial charge is 0.175 e. The minimum absolute atomic E-state index is 0.201. The van der Waals surface area contributed by atoms with Crippen molar-refractivity contribution in [2.24, 2.45) is 5.92 Å². The van der Waals surface area contributed by atoms with Gasteiger partial charge in [-0.3, -0.25) is 4.21 Å². The maximum atomic E-state index is 11.8. The molecular weight excluding hydrogens is 258 g/mol. The predicted octanol–water partition coefficient (Wildman–Crippen LogP) is 1.36. The van der Waals surface area contributed by atoms with Gasteiger partial charge in [-0.25, -0.2) is 8.42 Å². The number of nitrogens with zero attached hydrogens (tertiary/aromatic N) is 1. The number of rotatable bonds is 4. The van der Waals surface area contributed by atoms with E-state index in [0.29, 0.717) is 4.90 Å². The van der Waals surface area contributed by atoms with Crippen LogP contribution in [0.1, 0.15) is 6.92 Å². The molecule has 0 aliphatic rings. The van der Waals surface area contributed by atoms with Crippen LogP contribution in [0.3, 0.4) is 0 Å². The molecule has 4 nitrogen and oxygen atoms in total. The Balaban J connectivity index is 2.89. The summed E-state index contributed by atoms with van der Waals surface area (Å²) in [6, 6.07) is 7.92. The molecule has 0 amide bonds. The fourth-order valence-electron chi connectivity index (χ4n) is 1.20. The lowest BCUT2D eigenvalue weighted by Crippen LogP contribution is -2.06. The van der Waals surface area contributed by atoms with Gasteiger partial charge in [-0.05, 0) is 31.2 Å². The summed E-state index contributed by atoms with van der Waals surface area (Å²) >= 11 is 0. The summed E-state index contributed by atoms with van der Waals surface area (Å²) in [5.41, 5.74) is 0. The van der Waals surface area contributed by atoms with Gasteiger partial charge in [0.15, 0.2) is 9.84 Å². The van der Waals surface area contributed by atoms with Crippen LogP contribution in [0.2, 0.25) is 0 Å². The zero-order chi connectivity index (χ0) is 13.1. The summed E-state index contributed by atoms with van der Waals surface area (Å²) < 4.78 is 34.2. The number of hydrogen-bond donors (Lipinski definition) is 0. The van der Waals surface area contributed by atoms with Gasteiger partial charge < -0.3 is 0 Å². The molecule has 1 rings (SSSR count). The van der Waals surface area contributed by atoms with E-state index in [1.54, 1.807) is 6.92 Å². The first-order valence-electron chi connectivity index (χ1n) is 4.92. The molecule has 2 unspecified atom stereocenters. The van der Waals surface area contributed by atoms with Crippen LogP contribution in [0.15, 0.2) is 34.1 Å². The summed E-state index contributed by atoms with van der Waals surface area (Å²) in [6.07, 6.45) is 1.12. The summed E-state index contributed by atoms with van der Waals surface area (Å²) in [5, 5.41) is 8.62. The summed E-state index contributed by atoms with van der Waals surface area (Å²) in [5.74, 6) is -0.0280. The van der Waals surface area contributed by atoms with Crippen LogP contribution < -0.4 is 0 Å². The molecule has 0 spiro atoms. The monoisotopic (exact) mass is 271 g/mol. The molecule has 0 heterocycles. The first kappa shape index (κ1) is 13.9. The standard InChI is InChI=1S/C11H13NO3S2/c1-9(7-12)8-16(13)10-3-5-11(6-4-10)17(2,14)15/h3-6,9H,8H2,1-2H3. The van der Waals surface area contributed by atoms with Crippen molar-refractivity contribution in [2.45, 2.75) is 16.7 Å². The Hall–Kier alpha value is -1.19. The van der Waals surface area contributed by atoms with E-state index in [1.807, 2.05) is 6.07 Å². The topological polar surface area (TPSA) is 75.0 Å². The van der Waals surface area contributed by atoms with Gasteiger partial charge in [0.2, 0.25) is 0 Å². The van der Waals surface area contributed by atoms with E-state index in [2.05, 4.69) is 0 Å². The lowest BCUT2D eigenvalue weighted by Gasteiger charge is -2.04. The van der Waals surface area contributed by atoms with Crippen LogP contribution >= 0.6 is 0 Å². The van der Waals surface area contributed by atoms with Gasteiger partial charge in [0, 0.05) is 16.9 Å². The lowest BCUT2D eigenvalue weighted by molar-refractivity contribution is 0.601. The Morgan fingerprint density at radius 2 is 1.88 bits per heavy atom. The summed E-state index contributed by atoms with van der Waals surface area (Å²) in [6.45, 7) is 1.70. The Morgan fingerprint density at radius 3 is 2.29 bits per heavy atom. The Morgan fingerprint density at radius 1 is 1.35 bits per heavy atom. The van der Waals surface area contributed by atoms with Crippen LogP contribution in [-0.2, 0) is 20.6 Å². The summed E-state index contributed by atoms with van der Waals surface area (Å²) in [7, 11) is -4.49. The molecule has 0 aliphatic heterocycles. The highest BCUT2D eigenvalue weighted by molar-refractivity contribution is 7.90. The second-order valence-electron chi connectivity index (χ2n) is 3.79. The first-order chi connectivity index (χ1) is 7.84. The van der Waals surface area contributed by atoms with Crippen molar-refractivity contribution in [2.75, 3.05) is 12.0 Å². The lowest BCUT2D eigenvalue weighted by atomic mass is 10.3. The minimum atomic E-state index is -3.22. The van der Waals surface area contributed by atoms with Gasteiger partial charge in [-0.2, -0.15) is 5.26 Å². The third-order valence-electron chi connectivity index (χ3n) is 2.14. The van der Waals surface area contributed by atoms with Crippen molar-refractivity contribution in [1.29, 1.82) is 5.26 Å². The van der Waals surface area contributed by atoms with Gasteiger partial charge in [0.05, 0.1) is 27.7 Å². The molecule has 0 radical (unpaired) electrons. The van der Waals surface area contributed by atoms with E-state index in [-0.39, 0.29) is 16.6 Å². The molecular formula is C11H13NO3S2. The number of benzene rings is 1. The fraction of sp³-hybridized carbons (Fsp3) is 0.364. The van der Waals surface area contributed by atoms with Gasteiger partial charge in [0.1, 0.15) is 0 Å². The van der Waals surface area contributed by atoms with Gasteiger partial charge >= 0.3 is 0 Å². The highest BCUT2D eigenvalue weighted by atomic mass is 32.2. The third kappa shape index (κ3) is 3.95. The quantitative estimate of drug-likeness (QED) is 0.828. The molecule has 17 heavy (non-hydrogen) atoms. The second-order valence-corrected chi connectivity index (χ2v) is 7.30. The number of hydrogen-bond acceptors (Lipinski definition) is 4. The van der Waals surface area contributed by atoms with Crippen molar-refractivity contribution in [3.8, 4) is 6.07 Å². The predicted molar refractivity (Wildman–Crippen MR) is 65.6 cm³/mol. The van der Waals surface area contributed by atoms with Crippen molar-refractivity contribution in [1.82, 2.24) is 0 Å². The Labute approximate surface area is 104 Å². The van der Waals surface area contributed by atoms with Gasteiger partial charge in [0.25, 0.3) is 0 Å². The number of sulfone groups is 1. The van der Waals surface area contributed by atoms with E-state index < -0.39 is 20.6 Å². The molecule has 92 valence electrons. The average Bonchev–Trinajstić information content (AvgIpc) is 2.27. The van der Waals surface area contributed by atoms with Crippen molar-refractivity contribution in [3.05, 3.63) is 24.3 Å². The SMILES string of the molecule is CC(C#N)CS(=O)c1ccc(S(C)(=O)=O)cc1. The highest BCUT2D eigenvalue weighted by Crippen LogP contribution is 2.14. The van der Waals surface area contributed by atoms with E-state index in [9.17, 15) is 12.6 Å². The molecule has 0 aliphatic carbocycles. The normalized spacial score (nSPS) is 14.9. The van der Waals surface area contributed by atoms with Gasteiger partial charge in [-0.1, -0.05) is 0 Å². The van der Waals surface area contributed by atoms with Crippen molar-refractivity contribution in [3.63, 3.8) is 0 Å². The molecule has 0 N–H and O–H groups in total. The Bertz CT molecular complexity index is 555. The molecule has 0 fully saturated rings. The van der Waals surface area contributed by atoms with Crippen LogP contribution in [0.25, 0.3) is 0 Å².